The SMILES string of the molecule is O=C(Nc1ccc(-c2cn[nH]c2)cc1O)OCc1ccccc1. The van der Waals surface area contributed by atoms with Crippen LogP contribution in [-0.2, 0) is 11.3 Å². The topological polar surface area (TPSA) is 87.2 Å². The molecule has 23 heavy (non-hydrogen) atoms. The first-order chi connectivity index (χ1) is 11.2. The maximum atomic E-state index is 11.8. The minimum absolute atomic E-state index is 0.0413. The minimum atomic E-state index is -0.625. The van der Waals surface area contributed by atoms with E-state index >= 15 is 0 Å². The number of aromatic hydroxyl groups is 1. The molecule has 0 bridgehead atoms. The summed E-state index contributed by atoms with van der Waals surface area (Å²) in [7, 11) is 0. The molecule has 0 radical (unpaired) electrons. The second kappa shape index (κ2) is 6.65. The standard InChI is InChI=1S/C17H15N3O3/c21-16-8-13(14-9-18-19-10-14)6-7-15(16)20-17(22)23-11-12-4-2-1-3-5-12/h1-10,21H,11H2,(H,18,19)(H,20,22). The molecule has 0 aliphatic heterocycles. The smallest absolute Gasteiger partial charge is 0.412 e. The summed E-state index contributed by atoms with van der Waals surface area (Å²) in [4.78, 5) is 11.8. The Kier molecular flexibility index (Phi) is 4.24. The number of hydrogen-bond donors (Lipinski definition) is 3. The number of rotatable bonds is 4. The molecule has 1 heterocycles. The largest absolute Gasteiger partial charge is 0.506 e. The van der Waals surface area contributed by atoms with Gasteiger partial charge in [-0.1, -0.05) is 36.4 Å². The van der Waals surface area contributed by atoms with Gasteiger partial charge in [-0.15, -0.1) is 0 Å². The van der Waals surface area contributed by atoms with Crippen LogP contribution in [0.4, 0.5) is 10.5 Å². The number of aromatic amines is 1. The van der Waals surface area contributed by atoms with Crippen LogP contribution in [0.3, 0.4) is 0 Å². The van der Waals surface area contributed by atoms with Gasteiger partial charge in [-0.05, 0) is 23.3 Å². The molecule has 0 aliphatic rings. The van der Waals surface area contributed by atoms with Gasteiger partial charge in [-0.2, -0.15) is 5.10 Å². The van der Waals surface area contributed by atoms with Crippen molar-refractivity contribution in [1.29, 1.82) is 0 Å². The fourth-order valence-electron chi connectivity index (χ4n) is 2.09. The predicted molar refractivity (Wildman–Crippen MR) is 85.9 cm³/mol. The lowest BCUT2D eigenvalue weighted by Gasteiger charge is -2.09. The third-order valence-electron chi connectivity index (χ3n) is 3.28. The van der Waals surface area contributed by atoms with Crippen molar-refractivity contribution in [2.24, 2.45) is 0 Å². The number of benzene rings is 2. The number of amides is 1. The summed E-state index contributed by atoms with van der Waals surface area (Å²) in [5.41, 5.74) is 2.82. The van der Waals surface area contributed by atoms with E-state index in [0.29, 0.717) is 0 Å². The molecule has 0 spiro atoms. The fourth-order valence-corrected chi connectivity index (χ4v) is 2.09. The zero-order chi connectivity index (χ0) is 16.1. The molecule has 1 amide bonds. The molecule has 0 unspecified atom stereocenters. The second-order valence-electron chi connectivity index (χ2n) is 4.91. The van der Waals surface area contributed by atoms with Crippen molar-refractivity contribution in [3.05, 3.63) is 66.5 Å². The molecule has 116 valence electrons. The van der Waals surface area contributed by atoms with Gasteiger partial charge in [0.25, 0.3) is 0 Å². The Morgan fingerprint density at radius 1 is 1.17 bits per heavy atom. The van der Waals surface area contributed by atoms with Crippen LogP contribution in [0.1, 0.15) is 5.56 Å². The number of ether oxygens (including phenoxy) is 1. The molecule has 0 fully saturated rings. The summed E-state index contributed by atoms with van der Waals surface area (Å²) in [6.45, 7) is 0.167. The molecule has 3 N–H and O–H groups in total. The van der Waals surface area contributed by atoms with E-state index in [1.165, 1.54) is 0 Å². The van der Waals surface area contributed by atoms with Crippen LogP contribution in [0.2, 0.25) is 0 Å². The first-order valence-electron chi connectivity index (χ1n) is 7.02. The highest BCUT2D eigenvalue weighted by Crippen LogP contribution is 2.29. The lowest BCUT2D eigenvalue weighted by atomic mass is 10.1. The number of nitrogens with one attached hydrogen (secondary N) is 2. The van der Waals surface area contributed by atoms with E-state index in [1.54, 1.807) is 30.6 Å². The van der Waals surface area contributed by atoms with Gasteiger partial charge in [0, 0.05) is 11.8 Å². The molecule has 2 aromatic carbocycles. The Hall–Kier alpha value is -3.28. The van der Waals surface area contributed by atoms with Crippen LogP contribution >= 0.6 is 0 Å². The Bertz CT molecular complexity index is 786. The first-order valence-corrected chi connectivity index (χ1v) is 7.02. The maximum absolute atomic E-state index is 11.8. The third-order valence-corrected chi connectivity index (χ3v) is 3.28. The Balaban J connectivity index is 1.62. The van der Waals surface area contributed by atoms with Gasteiger partial charge in [-0.3, -0.25) is 10.4 Å². The maximum Gasteiger partial charge on any atom is 0.412 e. The van der Waals surface area contributed by atoms with Gasteiger partial charge in [0.2, 0.25) is 0 Å². The second-order valence-corrected chi connectivity index (χ2v) is 4.91. The number of anilines is 1. The average Bonchev–Trinajstić information content (AvgIpc) is 3.10. The van der Waals surface area contributed by atoms with Crippen molar-refractivity contribution in [3.63, 3.8) is 0 Å². The lowest BCUT2D eigenvalue weighted by Crippen LogP contribution is -2.13. The third kappa shape index (κ3) is 3.68. The van der Waals surface area contributed by atoms with Gasteiger partial charge in [-0.25, -0.2) is 4.79 Å². The van der Waals surface area contributed by atoms with E-state index in [0.717, 1.165) is 16.7 Å². The predicted octanol–water partition coefficient (Wildman–Crippen LogP) is 3.53. The van der Waals surface area contributed by atoms with Crippen molar-refractivity contribution < 1.29 is 14.6 Å². The zero-order valence-electron chi connectivity index (χ0n) is 12.2. The molecule has 0 saturated carbocycles. The van der Waals surface area contributed by atoms with Crippen molar-refractivity contribution in [2.45, 2.75) is 6.61 Å². The van der Waals surface area contributed by atoms with E-state index in [9.17, 15) is 9.90 Å². The van der Waals surface area contributed by atoms with Crippen LogP contribution in [0.25, 0.3) is 11.1 Å². The van der Waals surface area contributed by atoms with Crippen molar-refractivity contribution >= 4 is 11.8 Å². The van der Waals surface area contributed by atoms with Crippen molar-refractivity contribution in [2.75, 3.05) is 5.32 Å². The molecule has 1 aromatic heterocycles. The van der Waals surface area contributed by atoms with E-state index in [2.05, 4.69) is 15.5 Å². The average molecular weight is 309 g/mol. The molecule has 3 aromatic rings. The summed E-state index contributed by atoms with van der Waals surface area (Å²) < 4.78 is 5.11. The van der Waals surface area contributed by atoms with E-state index in [1.807, 2.05) is 30.3 Å². The fraction of sp³-hybridized carbons (Fsp3) is 0.0588. The molecule has 0 aliphatic carbocycles. The van der Waals surface area contributed by atoms with Gasteiger partial charge < -0.3 is 9.84 Å². The molecule has 0 atom stereocenters. The van der Waals surface area contributed by atoms with Crippen LogP contribution in [0.5, 0.6) is 5.75 Å². The molecular formula is C17H15N3O3. The van der Waals surface area contributed by atoms with Gasteiger partial charge in [0.1, 0.15) is 12.4 Å². The first kappa shape index (κ1) is 14.6. The highest BCUT2D eigenvalue weighted by Gasteiger charge is 2.09. The minimum Gasteiger partial charge on any atom is -0.506 e. The number of H-pyrrole nitrogens is 1. The molecule has 6 nitrogen and oxygen atoms in total. The molecule has 3 rings (SSSR count). The highest BCUT2D eigenvalue weighted by molar-refractivity contribution is 5.87. The van der Waals surface area contributed by atoms with Crippen LogP contribution in [0.15, 0.2) is 60.9 Å². The number of phenolic OH excluding ortho intramolecular Hbond substituents is 1. The highest BCUT2D eigenvalue weighted by atomic mass is 16.5. The van der Waals surface area contributed by atoms with Crippen molar-refractivity contribution in [3.8, 4) is 16.9 Å². The van der Waals surface area contributed by atoms with Gasteiger partial charge in [0.15, 0.2) is 0 Å². The summed E-state index contributed by atoms with van der Waals surface area (Å²) in [6, 6.07) is 14.3. The number of carbonyl (C=O) groups excluding carboxylic acids is 1. The number of aromatic nitrogens is 2. The number of carbonyl (C=O) groups is 1. The van der Waals surface area contributed by atoms with Crippen LogP contribution < -0.4 is 5.32 Å². The summed E-state index contributed by atoms with van der Waals surface area (Å²) >= 11 is 0. The Morgan fingerprint density at radius 3 is 2.70 bits per heavy atom. The monoisotopic (exact) mass is 309 g/mol. The molecule has 0 saturated heterocycles. The van der Waals surface area contributed by atoms with Crippen LogP contribution in [0, 0.1) is 0 Å². The van der Waals surface area contributed by atoms with Gasteiger partial charge >= 0.3 is 6.09 Å². The number of nitrogens with zero attached hydrogens (tertiary/aromatic N) is 1. The van der Waals surface area contributed by atoms with E-state index in [4.69, 9.17) is 4.74 Å². The molecular weight excluding hydrogens is 294 g/mol. The van der Waals surface area contributed by atoms with Crippen LogP contribution in [-0.4, -0.2) is 21.4 Å². The normalized spacial score (nSPS) is 10.3. The van der Waals surface area contributed by atoms with E-state index in [-0.39, 0.29) is 18.0 Å². The lowest BCUT2D eigenvalue weighted by molar-refractivity contribution is 0.155. The molecule has 6 heteroatoms. The quantitative estimate of drug-likeness (QED) is 0.643. The van der Waals surface area contributed by atoms with Gasteiger partial charge in [0.05, 0.1) is 11.9 Å². The van der Waals surface area contributed by atoms with Crippen molar-refractivity contribution in [1.82, 2.24) is 10.2 Å². The zero-order valence-corrected chi connectivity index (χ0v) is 12.2. The summed E-state index contributed by atoms with van der Waals surface area (Å²) in [6.07, 6.45) is 2.74. The summed E-state index contributed by atoms with van der Waals surface area (Å²) in [5.74, 6) is -0.0413. The summed E-state index contributed by atoms with van der Waals surface area (Å²) in [5, 5.41) is 19.1. The van der Waals surface area contributed by atoms with E-state index < -0.39 is 6.09 Å². The number of hydrogen-bond acceptors (Lipinski definition) is 4. The Labute approximate surface area is 132 Å². The number of phenols is 1. The Morgan fingerprint density at radius 2 is 2.00 bits per heavy atom.